The number of rotatable bonds is 8. The molecule has 2 atom stereocenters. The second kappa shape index (κ2) is 12.9. The number of nitrogens with zero attached hydrogens (tertiary/aromatic N) is 2. The zero-order valence-electron chi connectivity index (χ0n) is 25.2. The molecule has 1 saturated heterocycles. The number of thiazole rings is 1. The Morgan fingerprint density at radius 2 is 1.76 bits per heavy atom. The summed E-state index contributed by atoms with van der Waals surface area (Å²) < 4.78 is 40.4. The van der Waals surface area contributed by atoms with Crippen molar-refractivity contribution >= 4 is 63.2 Å². The second-order valence-electron chi connectivity index (χ2n) is 12.1. The molecular weight excluding hydrogens is 657 g/mol. The van der Waals surface area contributed by atoms with E-state index in [1.165, 1.54) is 28.4 Å². The Bertz CT molecular complexity index is 1820. The Labute approximate surface area is 272 Å². The zero-order chi connectivity index (χ0) is 33.4. The fourth-order valence-electron chi connectivity index (χ4n) is 5.25. The van der Waals surface area contributed by atoms with E-state index in [1.54, 1.807) is 27.0 Å². The summed E-state index contributed by atoms with van der Waals surface area (Å²) in [6, 6.07) is 12.3. The second-order valence-corrected chi connectivity index (χ2v) is 15.9. The van der Waals surface area contributed by atoms with Gasteiger partial charge in [0.2, 0.25) is 11.8 Å². The van der Waals surface area contributed by atoms with E-state index in [9.17, 15) is 27.7 Å². The summed E-state index contributed by atoms with van der Waals surface area (Å²) >= 11 is 2.32. The molecule has 0 aliphatic carbocycles. The van der Waals surface area contributed by atoms with Crippen LogP contribution in [0.4, 0.5) is 13.9 Å². The molecule has 0 bridgehead atoms. The van der Waals surface area contributed by atoms with Crippen molar-refractivity contribution in [3.8, 4) is 10.4 Å². The number of benzene rings is 2. The van der Waals surface area contributed by atoms with Crippen molar-refractivity contribution in [1.82, 2.24) is 15.2 Å². The lowest BCUT2D eigenvalue weighted by Crippen LogP contribution is -2.59. The molecule has 46 heavy (non-hydrogen) atoms. The maximum Gasteiger partial charge on any atom is 0.399 e. The number of hydrogen-bond acceptors (Lipinski definition) is 7. The van der Waals surface area contributed by atoms with Crippen LogP contribution < -0.4 is 10.6 Å². The molecule has 5 rings (SSSR count). The van der Waals surface area contributed by atoms with Gasteiger partial charge in [0.1, 0.15) is 12.1 Å². The third-order valence-corrected chi connectivity index (χ3v) is 10.8. The van der Waals surface area contributed by atoms with Crippen molar-refractivity contribution in [2.75, 3.05) is 11.9 Å². The van der Waals surface area contributed by atoms with Crippen LogP contribution in [0.2, 0.25) is 0 Å². The molecule has 3 amide bonds. The molecule has 2 unspecified atom stereocenters. The van der Waals surface area contributed by atoms with Crippen molar-refractivity contribution < 1.29 is 37.5 Å². The fraction of sp³-hybridized carbons (Fsp3) is 0.355. The number of piperidine rings is 1. The van der Waals surface area contributed by atoms with Crippen LogP contribution in [0.15, 0.2) is 60.8 Å². The van der Waals surface area contributed by atoms with Crippen LogP contribution in [-0.4, -0.2) is 56.0 Å². The summed E-state index contributed by atoms with van der Waals surface area (Å²) in [6.07, 6.45) is 3.56. The van der Waals surface area contributed by atoms with Gasteiger partial charge in [-0.05, 0) is 53.8 Å². The van der Waals surface area contributed by atoms with Crippen LogP contribution >= 0.6 is 30.3 Å². The number of hydrogen-bond donors (Lipinski definition) is 4. The van der Waals surface area contributed by atoms with E-state index in [4.69, 9.17) is 9.79 Å². The summed E-state index contributed by atoms with van der Waals surface area (Å²) in [5.41, 5.74) is -5.06. The van der Waals surface area contributed by atoms with Crippen LogP contribution in [0.1, 0.15) is 55.3 Å². The molecule has 1 aliphatic heterocycles. The van der Waals surface area contributed by atoms with E-state index in [-0.39, 0.29) is 16.2 Å². The minimum Gasteiger partial charge on any atom is -0.339 e. The summed E-state index contributed by atoms with van der Waals surface area (Å²) in [5, 5.41) is 6.26. The molecule has 3 heterocycles. The number of nitrogens with one attached hydrogen (secondary N) is 2. The molecule has 0 saturated carbocycles. The van der Waals surface area contributed by atoms with Gasteiger partial charge in [0.15, 0.2) is 5.13 Å². The minimum absolute atomic E-state index is 0.125. The van der Waals surface area contributed by atoms with Crippen LogP contribution in [0.5, 0.6) is 0 Å². The third-order valence-electron chi connectivity index (χ3n) is 7.72. The molecule has 2 aromatic heterocycles. The van der Waals surface area contributed by atoms with Gasteiger partial charge in [-0.15, -0.1) is 11.3 Å². The van der Waals surface area contributed by atoms with E-state index in [2.05, 4.69) is 15.6 Å². The van der Waals surface area contributed by atoms with Gasteiger partial charge in [-0.2, -0.15) is 8.78 Å². The molecule has 0 radical (unpaired) electrons. The van der Waals surface area contributed by atoms with E-state index in [1.807, 2.05) is 30.3 Å². The first-order valence-corrected chi connectivity index (χ1v) is 17.7. The van der Waals surface area contributed by atoms with Gasteiger partial charge in [0, 0.05) is 23.0 Å². The predicted molar refractivity (Wildman–Crippen MR) is 174 cm³/mol. The quantitative estimate of drug-likeness (QED) is 0.156. The highest BCUT2D eigenvalue weighted by atomic mass is 32.1. The predicted octanol–water partition coefficient (Wildman–Crippen LogP) is 6.42. The Morgan fingerprint density at radius 3 is 2.43 bits per heavy atom. The number of likely N-dealkylation sites (tertiary alicyclic amines) is 1. The molecule has 15 heteroatoms. The van der Waals surface area contributed by atoms with Crippen LogP contribution in [0, 0.1) is 5.41 Å². The summed E-state index contributed by atoms with van der Waals surface area (Å²) in [5.74, 6) is -1.41. The van der Waals surface area contributed by atoms with Crippen molar-refractivity contribution in [3.05, 3.63) is 71.2 Å². The molecule has 244 valence electrons. The topological polar surface area (TPSA) is 149 Å². The average molecular weight is 691 g/mol. The van der Waals surface area contributed by atoms with Crippen LogP contribution in [-0.2, 0) is 19.8 Å². The van der Waals surface area contributed by atoms with Crippen LogP contribution in [0.25, 0.3) is 20.5 Å². The van der Waals surface area contributed by atoms with E-state index in [0.717, 1.165) is 40.3 Å². The van der Waals surface area contributed by atoms with Crippen LogP contribution in [0.3, 0.4) is 0 Å². The molecular formula is C31H33F2N4O6PS2. The molecule has 1 fully saturated rings. The Hall–Kier alpha value is -3.55. The molecule has 0 spiro atoms. The molecule has 2 aromatic carbocycles. The van der Waals surface area contributed by atoms with Gasteiger partial charge in [-0.25, -0.2) is 4.98 Å². The number of thiophene rings is 1. The number of amides is 3. The number of aromatic nitrogens is 1. The van der Waals surface area contributed by atoms with Crippen molar-refractivity contribution in [2.24, 2.45) is 5.41 Å². The number of carbonyl (C=O) groups is 3. The minimum atomic E-state index is -5.77. The zero-order valence-corrected chi connectivity index (χ0v) is 27.7. The summed E-state index contributed by atoms with van der Waals surface area (Å²) in [6.45, 7) is 5.69. The van der Waals surface area contributed by atoms with Gasteiger partial charge >= 0.3 is 13.3 Å². The van der Waals surface area contributed by atoms with E-state index < -0.39 is 48.1 Å². The SMILES string of the molecule is CC(C)(C)C(NC(=O)c1cc2cc(C(F)(F)P(=O)(O)O)ccc2s1)C(=O)N1CCCCC1C(=O)Nc1ncc(-c2ccccc2)s1. The third kappa shape index (κ3) is 7.06. The number of fused-ring (bicyclic) bond motifs is 1. The number of anilines is 1. The first-order valence-electron chi connectivity index (χ1n) is 14.5. The lowest BCUT2D eigenvalue weighted by Gasteiger charge is -2.40. The maximum absolute atomic E-state index is 14.3. The maximum atomic E-state index is 14.3. The largest absolute Gasteiger partial charge is 0.399 e. The Morgan fingerprint density at radius 1 is 1.04 bits per heavy atom. The lowest BCUT2D eigenvalue weighted by atomic mass is 9.84. The van der Waals surface area contributed by atoms with Crippen molar-refractivity contribution in [2.45, 2.75) is 57.8 Å². The van der Waals surface area contributed by atoms with E-state index >= 15 is 0 Å². The van der Waals surface area contributed by atoms with Crippen molar-refractivity contribution in [3.63, 3.8) is 0 Å². The highest BCUT2D eigenvalue weighted by molar-refractivity contribution is 7.52. The van der Waals surface area contributed by atoms with Gasteiger partial charge < -0.3 is 25.3 Å². The highest BCUT2D eigenvalue weighted by Gasteiger charge is 2.50. The Kier molecular flexibility index (Phi) is 9.49. The molecule has 4 aromatic rings. The van der Waals surface area contributed by atoms with Gasteiger partial charge in [-0.1, -0.05) is 68.5 Å². The highest BCUT2D eigenvalue weighted by Crippen LogP contribution is 2.59. The van der Waals surface area contributed by atoms with Gasteiger partial charge in [-0.3, -0.25) is 18.9 Å². The molecule has 1 aliphatic rings. The standard InChI is InChI=1S/C31H33F2N4O6PS2/c1-30(2,3)25(35-27(39)23-16-19-15-20(12-13-22(19)45-23)31(32,33)44(41,42)43)28(40)37-14-8-7-11-21(37)26(38)36-29-34-17-24(46-29)18-9-5-4-6-10-18/h4-6,9-10,12-13,15-17,21,25H,7-8,11,14H2,1-3H3,(H,35,39)(H,34,36,38)(H2,41,42,43). The molecule has 4 N–H and O–H groups in total. The number of carbonyl (C=O) groups excluding carboxylic acids is 3. The van der Waals surface area contributed by atoms with E-state index in [0.29, 0.717) is 29.2 Å². The monoisotopic (exact) mass is 690 g/mol. The normalized spacial score (nSPS) is 16.7. The summed E-state index contributed by atoms with van der Waals surface area (Å²) in [7, 11) is -5.77. The van der Waals surface area contributed by atoms with Crippen molar-refractivity contribution in [1.29, 1.82) is 0 Å². The van der Waals surface area contributed by atoms with Gasteiger partial charge in [0.25, 0.3) is 5.91 Å². The molecule has 10 nitrogen and oxygen atoms in total. The first kappa shape index (κ1) is 33.8. The Balaban J connectivity index is 1.33. The number of alkyl halides is 2. The smallest absolute Gasteiger partial charge is 0.339 e. The number of halogens is 2. The first-order chi connectivity index (χ1) is 21.6. The fourth-order valence-corrected chi connectivity index (χ4v) is 7.50. The van der Waals surface area contributed by atoms with Gasteiger partial charge in [0.05, 0.1) is 9.75 Å². The average Bonchev–Trinajstić information content (AvgIpc) is 3.66. The summed E-state index contributed by atoms with van der Waals surface area (Å²) in [4.78, 5) is 66.0. The lowest BCUT2D eigenvalue weighted by molar-refractivity contribution is -0.144.